The second-order valence-electron chi connectivity index (χ2n) is 3.21. The minimum atomic E-state index is 0.0974. The molecule has 0 saturated heterocycles. The molecule has 1 rings (SSSR count). The van der Waals surface area contributed by atoms with Crippen LogP contribution in [0.1, 0.15) is 5.56 Å². The first-order valence-electron chi connectivity index (χ1n) is 4.87. The van der Waals surface area contributed by atoms with Crippen LogP contribution in [0.4, 0.5) is 0 Å². The summed E-state index contributed by atoms with van der Waals surface area (Å²) < 4.78 is 5.63. The van der Waals surface area contributed by atoms with Crippen molar-refractivity contribution in [3.63, 3.8) is 0 Å². The highest BCUT2D eigenvalue weighted by molar-refractivity contribution is 5.13. The van der Waals surface area contributed by atoms with Crippen LogP contribution >= 0.6 is 0 Å². The Bertz CT molecular complexity index is 238. The third-order valence-corrected chi connectivity index (χ3v) is 2.02. The Morgan fingerprint density at radius 3 is 2.64 bits per heavy atom. The Hall–Kier alpha value is -0.900. The lowest BCUT2D eigenvalue weighted by Gasteiger charge is -2.15. The summed E-state index contributed by atoms with van der Waals surface area (Å²) in [6.07, 6.45) is 0.0974. The van der Waals surface area contributed by atoms with Crippen molar-refractivity contribution in [1.29, 1.82) is 0 Å². The first-order valence-corrected chi connectivity index (χ1v) is 4.87. The smallest absolute Gasteiger partial charge is 0.0825 e. The van der Waals surface area contributed by atoms with Gasteiger partial charge in [0.1, 0.15) is 0 Å². The third-order valence-electron chi connectivity index (χ3n) is 2.02. The van der Waals surface area contributed by atoms with Crippen LogP contribution in [0.15, 0.2) is 30.3 Å². The largest absolute Gasteiger partial charge is 0.371 e. The number of likely N-dealkylation sites (N-methyl/N-ethyl adjacent to an activating group) is 1. The molecule has 14 heavy (non-hydrogen) atoms. The van der Waals surface area contributed by atoms with Crippen LogP contribution in [0.5, 0.6) is 0 Å². The molecule has 0 aliphatic rings. The molecule has 3 N–H and O–H groups in total. The van der Waals surface area contributed by atoms with E-state index in [2.05, 4.69) is 5.32 Å². The molecule has 3 nitrogen and oxygen atoms in total. The fraction of sp³-hybridized carbons (Fsp3) is 0.455. The summed E-state index contributed by atoms with van der Waals surface area (Å²) in [6.45, 7) is 1.97. The van der Waals surface area contributed by atoms with Gasteiger partial charge in [0.2, 0.25) is 0 Å². The van der Waals surface area contributed by atoms with Crippen molar-refractivity contribution in [3.8, 4) is 0 Å². The summed E-state index contributed by atoms with van der Waals surface area (Å²) in [7, 11) is 1.90. The molecule has 1 atom stereocenters. The van der Waals surface area contributed by atoms with Crippen molar-refractivity contribution in [2.75, 3.05) is 20.1 Å². The summed E-state index contributed by atoms with van der Waals surface area (Å²) in [6, 6.07) is 10.1. The molecular formula is C11H18N2O. The van der Waals surface area contributed by atoms with Gasteiger partial charge < -0.3 is 15.8 Å². The molecule has 0 heterocycles. The summed E-state index contributed by atoms with van der Waals surface area (Å²) in [5.41, 5.74) is 6.74. The highest BCUT2D eigenvalue weighted by Gasteiger charge is 2.04. The zero-order valence-electron chi connectivity index (χ0n) is 8.57. The number of nitrogens with one attached hydrogen (secondary N) is 1. The Balaban J connectivity index is 2.32. The summed E-state index contributed by atoms with van der Waals surface area (Å²) in [5, 5.41) is 3.05. The predicted octanol–water partition coefficient (Wildman–Crippen LogP) is 0.750. The molecule has 0 fully saturated rings. The number of ether oxygens (including phenoxy) is 1. The maximum atomic E-state index is 5.63. The number of benzene rings is 1. The second-order valence-corrected chi connectivity index (χ2v) is 3.21. The lowest BCUT2D eigenvalue weighted by Crippen LogP contribution is -2.33. The van der Waals surface area contributed by atoms with Gasteiger partial charge in [0, 0.05) is 13.1 Å². The van der Waals surface area contributed by atoms with Gasteiger partial charge in [-0.15, -0.1) is 0 Å². The minimum Gasteiger partial charge on any atom is -0.371 e. The van der Waals surface area contributed by atoms with E-state index in [4.69, 9.17) is 10.5 Å². The molecule has 0 amide bonds. The maximum absolute atomic E-state index is 5.63. The van der Waals surface area contributed by atoms with Gasteiger partial charge in [-0.3, -0.25) is 0 Å². The van der Waals surface area contributed by atoms with Gasteiger partial charge in [-0.2, -0.15) is 0 Å². The summed E-state index contributed by atoms with van der Waals surface area (Å²) in [4.78, 5) is 0. The van der Waals surface area contributed by atoms with E-state index in [1.807, 2.05) is 37.4 Å². The maximum Gasteiger partial charge on any atom is 0.0825 e. The number of nitrogens with two attached hydrogens (primary N) is 1. The lowest BCUT2D eigenvalue weighted by atomic mass is 10.2. The molecule has 0 aliphatic carbocycles. The van der Waals surface area contributed by atoms with E-state index in [1.165, 1.54) is 5.56 Å². The minimum absolute atomic E-state index is 0.0974. The standard InChI is InChI=1S/C11H18N2O/c1-13-8-11(7-12)14-9-10-5-3-2-4-6-10/h2-6,11,13H,7-9,12H2,1H3. The highest BCUT2D eigenvalue weighted by atomic mass is 16.5. The van der Waals surface area contributed by atoms with E-state index in [0.717, 1.165) is 6.54 Å². The molecule has 0 spiro atoms. The van der Waals surface area contributed by atoms with Crippen LogP contribution in [0.2, 0.25) is 0 Å². The Kier molecular flexibility index (Phi) is 5.22. The predicted molar refractivity (Wildman–Crippen MR) is 58.0 cm³/mol. The van der Waals surface area contributed by atoms with E-state index in [-0.39, 0.29) is 6.10 Å². The summed E-state index contributed by atoms with van der Waals surface area (Å²) in [5.74, 6) is 0. The van der Waals surface area contributed by atoms with Crippen molar-refractivity contribution in [2.24, 2.45) is 5.73 Å². The van der Waals surface area contributed by atoms with E-state index in [0.29, 0.717) is 13.2 Å². The molecule has 0 bridgehead atoms. The molecule has 1 unspecified atom stereocenters. The number of hydrogen-bond donors (Lipinski definition) is 2. The molecular weight excluding hydrogens is 176 g/mol. The topological polar surface area (TPSA) is 47.3 Å². The molecule has 0 aromatic heterocycles. The van der Waals surface area contributed by atoms with Crippen molar-refractivity contribution in [1.82, 2.24) is 5.32 Å². The summed E-state index contributed by atoms with van der Waals surface area (Å²) >= 11 is 0. The van der Waals surface area contributed by atoms with E-state index < -0.39 is 0 Å². The SMILES string of the molecule is CNCC(CN)OCc1ccccc1. The van der Waals surface area contributed by atoms with Gasteiger partial charge in [0.05, 0.1) is 12.7 Å². The van der Waals surface area contributed by atoms with Crippen LogP contribution in [0, 0.1) is 0 Å². The molecule has 1 aromatic rings. The van der Waals surface area contributed by atoms with Gasteiger partial charge in [-0.25, -0.2) is 0 Å². The average molecular weight is 194 g/mol. The lowest BCUT2D eigenvalue weighted by molar-refractivity contribution is 0.0478. The normalized spacial score (nSPS) is 12.7. The second kappa shape index (κ2) is 6.54. The molecule has 0 saturated carbocycles. The molecule has 0 radical (unpaired) electrons. The van der Waals surface area contributed by atoms with Crippen molar-refractivity contribution in [3.05, 3.63) is 35.9 Å². The molecule has 3 heteroatoms. The van der Waals surface area contributed by atoms with E-state index in [1.54, 1.807) is 0 Å². The van der Waals surface area contributed by atoms with Crippen molar-refractivity contribution >= 4 is 0 Å². The Labute approximate surface area is 85.3 Å². The van der Waals surface area contributed by atoms with Crippen LogP contribution in [0.25, 0.3) is 0 Å². The van der Waals surface area contributed by atoms with Crippen LogP contribution in [-0.4, -0.2) is 26.2 Å². The van der Waals surface area contributed by atoms with Crippen LogP contribution < -0.4 is 11.1 Å². The fourth-order valence-electron chi connectivity index (χ4n) is 1.23. The molecule has 78 valence electrons. The van der Waals surface area contributed by atoms with Crippen LogP contribution in [0.3, 0.4) is 0 Å². The zero-order valence-corrected chi connectivity index (χ0v) is 8.57. The Morgan fingerprint density at radius 1 is 1.36 bits per heavy atom. The molecule has 1 aromatic carbocycles. The molecule has 0 aliphatic heterocycles. The van der Waals surface area contributed by atoms with Gasteiger partial charge in [0.25, 0.3) is 0 Å². The number of hydrogen-bond acceptors (Lipinski definition) is 3. The van der Waals surface area contributed by atoms with Gasteiger partial charge in [0.15, 0.2) is 0 Å². The highest BCUT2D eigenvalue weighted by Crippen LogP contribution is 2.02. The first-order chi connectivity index (χ1) is 6.86. The van der Waals surface area contributed by atoms with Crippen LogP contribution in [-0.2, 0) is 11.3 Å². The Morgan fingerprint density at radius 2 is 2.07 bits per heavy atom. The fourth-order valence-corrected chi connectivity index (χ4v) is 1.23. The zero-order chi connectivity index (χ0) is 10.2. The third kappa shape index (κ3) is 3.87. The van der Waals surface area contributed by atoms with Gasteiger partial charge >= 0.3 is 0 Å². The van der Waals surface area contributed by atoms with Gasteiger partial charge in [-0.05, 0) is 12.6 Å². The van der Waals surface area contributed by atoms with Crippen molar-refractivity contribution in [2.45, 2.75) is 12.7 Å². The van der Waals surface area contributed by atoms with Gasteiger partial charge in [-0.1, -0.05) is 30.3 Å². The monoisotopic (exact) mass is 194 g/mol. The number of rotatable bonds is 6. The van der Waals surface area contributed by atoms with E-state index >= 15 is 0 Å². The van der Waals surface area contributed by atoms with Crippen molar-refractivity contribution < 1.29 is 4.74 Å². The van der Waals surface area contributed by atoms with E-state index in [9.17, 15) is 0 Å². The average Bonchev–Trinajstić information content (AvgIpc) is 2.25. The quantitative estimate of drug-likeness (QED) is 0.702. The first kappa shape index (κ1) is 11.2.